The van der Waals surface area contributed by atoms with Gasteiger partial charge in [-0.15, -0.1) is 0 Å². The molecule has 0 aromatic carbocycles. The van der Waals surface area contributed by atoms with E-state index in [2.05, 4.69) is 15.3 Å². The lowest BCUT2D eigenvalue weighted by Gasteiger charge is -2.06. The molecule has 0 atom stereocenters. The molecule has 2 aromatic rings. The van der Waals surface area contributed by atoms with Crippen molar-refractivity contribution in [3.63, 3.8) is 0 Å². The third kappa shape index (κ3) is 4.70. The number of nitrogens with one attached hydrogen (secondary N) is 1. The molecule has 0 saturated heterocycles. The first-order valence-electron chi connectivity index (χ1n) is 5.74. The van der Waals surface area contributed by atoms with E-state index in [0.29, 0.717) is 10.8 Å². The summed E-state index contributed by atoms with van der Waals surface area (Å²) in [5, 5.41) is 3.08. The minimum absolute atomic E-state index is 0.166. The van der Waals surface area contributed by atoms with Crippen LogP contribution >= 0.6 is 23.2 Å². The summed E-state index contributed by atoms with van der Waals surface area (Å²) >= 11 is 11.3. The molecule has 2 heterocycles. The predicted octanol–water partition coefficient (Wildman–Crippen LogP) is 2.58. The number of rotatable bonds is 4. The molecule has 1 amide bonds. The molecule has 2 rings (SSSR count). The monoisotopic (exact) mass is 325 g/mol. The quantitative estimate of drug-likeness (QED) is 0.690. The minimum Gasteiger partial charge on any atom is -0.452 e. The zero-order valence-corrected chi connectivity index (χ0v) is 12.1. The second kappa shape index (κ2) is 7.01. The second-order valence-corrected chi connectivity index (χ2v) is 4.68. The number of esters is 1. The maximum atomic E-state index is 11.7. The van der Waals surface area contributed by atoms with Crippen molar-refractivity contribution in [3.05, 3.63) is 52.4 Å². The van der Waals surface area contributed by atoms with Gasteiger partial charge in [0.15, 0.2) is 6.61 Å². The fourth-order valence-electron chi connectivity index (χ4n) is 1.37. The summed E-state index contributed by atoms with van der Waals surface area (Å²) in [5.74, 6) is -0.871. The largest absolute Gasteiger partial charge is 0.452 e. The average molecular weight is 326 g/mol. The summed E-state index contributed by atoms with van der Waals surface area (Å²) in [7, 11) is 0. The van der Waals surface area contributed by atoms with Gasteiger partial charge in [0.05, 0.1) is 10.6 Å². The van der Waals surface area contributed by atoms with Crippen LogP contribution in [-0.2, 0) is 9.53 Å². The van der Waals surface area contributed by atoms with Gasteiger partial charge < -0.3 is 10.1 Å². The van der Waals surface area contributed by atoms with Crippen molar-refractivity contribution < 1.29 is 14.3 Å². The van der Waals surface area contributed by atoms with E-state index in [9.17, 15) is 9.59 Å². The second-order valence-electron chi connectivity index (χ2n) is 3.85. The lowest BCUT2D eigenvalue weighted by molar-refractivity contribution is -0.119. The van der Waals surface area contributed by atoms with E-state index in [0.717, 1.165) is 0 Å². The molecule has 0 aliphatic carbocycles. The van der Waals surface area contributed by atoms with Crippen LogP contribution in [0.25, 0.3) is 0 Å². The Morgan fingerprint density at radius 3 is 2.67 bits per heavy atom. The van der Waals surface area contributed by atoms with E-state index in [1.54, 1.807) is 6.07 Å². The van der Waals surface area contributed by atoms with Crippen LogP contribution in [0.1, 0.15) is 10.4 Å². The van der Waals surface area contributed by atoms with E-state index in [1.165, 1.54) is 30.6 Å². The summed E-state index contributed by atoms with van der Waals surface area (Å²) in [4.78, 5) is 30.9. The Balaban J connectivity index is 1.86. The lowest BCUT2D eigenvalue weighted by Crippen LogP contribution is -2.21. The number of carbonyl (C=O) groups excluding carboxylic acids is 2. The number of nitrogens with zero attached hydrogens (tertiary/aromatic N) is 2. The van der Waals surface area contributed by atoms with Crippen LogP contribution in [0.3, 0.4) is 0 Å². The number of hydrogen-bond acceptors (Lipinski definition) is 5. The fourth-order valence-corrected chi connectivity index (χ4v) is 1.66. The van der Waals surface area contributed by atoms with E-state index >= 15 is 0 Å². The van der Waals surface area contributed by atoms with Crippen LogP contribution in [0.5, 0.6) is 0 Å². The van der Waals surface area contributed by atoms with Gasteiger partial charge >= 0.3 is 5.97 Å². The Kier molecular flexibility index (Phi) is 5.08. The van der Waals surface area contributed by atoms with Gasteiger partial charge in [-0.3, -0.25) is 4.79 Å². The molecule has 0 saturated carbocycles. The van der Waals surface area contributed by atoms with Crippen molar-refractivity contribution in [3.8, 4) is 0 Å². The molecule has 0 spiro atoms. The van der Waals surface area contributed by atoms with Crippen molar-refractivity contribution in [1.29, 1.82) is 0 Å². The highest BCUT2D eigenvalue weighted by Gasteiger charge is 2.11. The van der Waals surface area contributed by atoms with Crippen LogP contribution in [0.4, 0.5) is 5.82 Å². The van der Waals surface area contributed by atoms with Crippen molar-refractivity contribution in [2.45, 2.75) is 0 Å². The first kappa shape index (κ1) is 15.2. The van der Waals surface area contributed by atoms with Crippen LogP contribution in [0.15, 0.2) is 36.7 Å². The van der Waals surface area contributed by atoms with Gasteiger partial charge in [-0.2, -0.15) is 0 Å². The molecule has 6 nitrogen and oxygen atoms in total. The topological polar surface area (TPSA) is 81.2 Å². The van der Waals surface area contributed by atoms with Crippen LogP contribution < -0.4 is 5.32 Å². The number of aromatic nitrogens is 2. The molecule has 0 fully saturated rings. The summed E-state index contributed by atoms with van der Waals surface area (Å²) in [6.45, 7) is -0.441. The Hall–Kier alpha value is -2.18. The Labute approximate surface area is 130 Å². The highest BCUT2D eigenvalue weighted by atomic mass is 35.5. The number of ether oxygens (including phenoxy) is 1. The Morgan fingerprint density at radius 1 is 1.19 bits per heavy atom. The third-order valence-corrected chi connectivity index (χ3v) is 2.72. The molecule has 0 aliphatic heterocycles. The Bertz CT molecular complexity index is 662. The fraction of sp³-hybridized carbons (Fsp3) is 0.0769. The zero-order chi connectivity index (χ0) is 15.2. The molecular formula is C13H9Cl2N3O3. The normalized spacial score (nSPS) is 10.0. The summed E-state index contributed by atoms with van der Waals surface area (Å²) < 4.78 is 4.85. The van der Waals surface area contributed by atoms with Gasteiger partial charge in [-0.05, 0) is 24.3 Å². The van der Waals surface area contributed by atoms with Gasteiger partial charge in [0.1, 0.15) is 11.0 Å². The van der Waals surface area contributed by atoms with E-state index < -0.39 is 18.5 Å². The van der Waals surface area contributed by atoms with Gasteiger partial charge in [0.2, 0.25) is 0 Å². The molecule has 1 N–H and O–H groups in total. The molecule has 0 aliphatic rings. The maximum Gasteiger partial charge on any atom is 0.338 e. The molecule has 2 aromatic heterocycles. The third-order valence-electron chi connectivity index (χ3n) is 2.29. The number of carbonyl (C=O) groups is 2. The number of hydrogen-bond donors (Lipinski definition) is 1. The van der Waals surface area contributed by atoms with Crippen LogP contribution in [-0.4, -0.2) is 28.5 Å². The van der Waals surface area contributed by atoms with E-state index in [-0.39, 0.29) is 10.7 Å². The zero-order valence-electron chi connectivity index (χ0n) is 10.5. The van der Waals surface area contributed by atoms with Crippen molar-refractivity contribution in [2.75, 3.05) is 11.9 Å². The molecule has 0 bridgehead atoms. The lowest BCUT2D eigenvalue weighted by atomic mass is 10.3. The standard InChI is InChI=1S/C13H9Cl2N3O3/c14-9-1-2-11(17-6-9)18-12(19)7-21-13(20)8-3-4-16-10(15)5-8/h1-6H,7H2,(H,17,18,19). The molecule has 0 radical (unpaired) electrons. The van der Waals surface area contributed by atoms with E-state index in [1.807, 2.05) is 0 Å². The average Bonchev–Trinajstić information content (AvgIpc) is 2.47. The molecule has 0 unspecified atom stereocenters. The maximum absolute atomic E-state index is 11.7. The highest BCUT2D eigenvalue weighted by Crippen LogP contribution is 2.10. The number of amides is 1. The van der Waals surface area contributed by atoms with Crippen molar-refractivity contribution >= 4 is 40.9 Å². The minimum atomic E-state index is -0.668. The summed E-state index contributed by atoms with van der Waals surface area (Å²) in [6.07, 6.45) is 2.76. The first-order chi connectivity index (χ1) is 10.0. The molecule has 8 heteroatoms. The summed E-state index contributed by atoms with van der Waals surface area (Å²) in [5.41, 5.74) is 0.215. The van der Waals surface area contributed by atoms with Crippen molar-refractivity contribution in [1.82, 2.24) is 9.97 Å². The number of halogens is 2. The molecular weight excluding hydrogens is 317 g/mol. The van der Waals surface area contributed by atoms with Crippen LogP contribution in [0.2, 0.25) is 10.2 Å². The van der Waals surface area contributed by atoms with Gasteiger partial charge in [-0.1, -0.05) is 23.2 Å². The van der Waals surface area contributed by atoms with E-state index in [4.69, 9.17) is 27.9 Å². The Morgan fingerprint density at radius 2 is 2.00 bits per heavy atom. The first-order valence-corrected chi connectivity index (χ1v) is 6.50. The van der Waals surface area contributed by atoms with Crippen molar-refractivity contribution in [2.24, 2.45) is 0 Å². The summed E-state index contributed by atoms with van der Waals surface area (Å²) in [6, 6.07) is 5.90. The smallest absolute Gasteiger partial charge is 0.338 e. The van der Waals surface area contributed by atoms with Gasteiger partial charge in [0.25, 0.3) is 5.91 Å². The number of pyridine rings is 2. The van der Waals surface area contributed by atoms with Gasteiger partial charge in [0, 0.05) is 12.4 Å². The van der Waals surface area contributed by atoms with Crippen LogP contribution in [0, 0.1) is 0 Å². The molecule has 108 valence electrons. The van der Waals surface area contributed by atoms with Gasteiger partial charge in [-0.25, -0.2) is 14.8 Å². The number of anilines is 1. The molecule has 21 heavy (non-hydrogen) atoms. The predicted molar refractivity (Wildman–Crippen MR) is 77.4 cm³/mol. The SMILES string of the molecule is O=C(COC(=O)c1ccnc(Cl)c1)Nc1ccc(Cl)cn1. The highest BCUT2D eigenvalue weighted by molar-refractivity contribution is 6.30.